The number of hydrogen-bond donors (Lipinski definition) is 0. The first-order valence-corrected chi connectivity index (χ1v) is 9.32. The van der Waals surface area contributed by atoms with Gasteiger partial charge in [0.2, 0.25) is 0 Å². The fourth-order valence-electron chi connectivity index (χ4n) is 5.65. The first-order valence-electron chi connectivity index (χ1n) is 9.32. The number of esters is 2. The predicted octanol–water partition coefficient (Wildman–Crippen LogP) is 3.07. The van der Waals surface area contributed by atoms with Crippen molar-refractivity contribution in [3.05, 3.63) is 24.2 Å². The molecule has 0 aromatic carbocycles. The maximum Gasteiger partial charge on any atom is 0.313 e. The number of cyclic esters (lactones) is 1. The Morgan fingerprint density at radius 1 is 1.31 bits per heavy atom. The van der Waals surface area contributed by atoms with Crippen molar-refractivity contribution in [1.82, 2.24) is 0 Å². The Kier molecular flexibility index (Phi) is 4.16. The lowest BCUT2D eigenvalue weighted by Gasteiger charge is -2.50. The van der Waals surface area contributed by atoms with E-state index in [0.29, 0.717) is 19.3 Å². The van der Waals surface area contributed by atoms with Crippen LogP contribution in [-0.2, 0) is 23.9 Å². The molecule has 1 aliphatic heterocycles. The van der Waals surface area contributed by atoms with Crippen LogP contribution in [0.3, 0.4) is 0 Å². The zero-order valence-corrected chi connectivity index (χ0v) is 15.1. The van der Waals surface area contributed by atoms with Crippen LogP contribution in [0, 0.1) is 29.1 Å². The van der Waals surface area contributed by atoms with Gasteiger partial charge in [-0.15, -0.1) is 0 Å². The van der Waals surface area contributed by atoms with Crippen molar-refractivity contribution in [3.8, 4) is 0 Å². The van der Waals surface area contributed by atoms with E-state index in [1.165, 1.54) is 7.11 Å². The van der Waals surface area contributed by atoms with Gasteiger partial charge in [0.25, 0.3) is 0 Å². The van der Waals surface area contributed by atoms with Gasteiger partial charge in [-0.25, -0.2) is 0 Å². The first kappa shape index (κ1) is 17.3. The number of Topliss-reactive ketones (excluding diaryl/α,β-unsaturated/α-hetero) is 1. The van der Waals surface area contributed by atoms with Crippen LogP contribution >= 0.6 is 0 Å². The van der Waals surface area contributed by atoms with Crippen LogP contribution in [0.4, 0.5) is 0 Å². The van der Waals surface area contributed by atoms with Crippen molar-refractivity contribution in [2.75, 3.05) is 7.11 Å². The van der Waals surface area contributed by atoms with Crippen LogP contribution in [0.1, 0.15) is 50.7 Å². The Bertz CT molecular complexity index is 723. The second-order valence-electron chi connectivity index (χ2n) is 7.96. The topological polar surface area (TPSA) is 82.8 Å². The zero-order chi connectivity index (χ0) is 18.5. The molecule has 6 atom stereocenters. The fourth-order valence-corrected chi connectivity index (χ4v) is 5.65. The van der Waals surface area contributed by atoms with E-state index in [0.717, 1.165) is 18.4 Å². The highest BCUT2D eigenvalue weighted by Gasteiger charge is 2.64. The van der Waals surface area contributed by atoms with Crippen molar-refractivity contribution in [1.29, 1.82) is 0 Å². The highest BCUT2D eigenvalue weighted by atomic mass is 16.6. The molecular weight excluding hydrogens is 336 g/mol. The first-order chi connectivity index (χ1) is 12.5. The monoisotopic (exact) mass is 360 g/mol. The number of carbonyl (C=O) groups is 3. The van der Waals surface area contributed by atoms with Gasteiger partial charge in [0, 0.05) is 24.3 Å². The van der Waals surface area contributed by atoms with Crippen molar-refractivity contribution < 1.29 is 28.3 Å². The second kappa shape index (κ2) is 6.25. The molecule has 6 heteroatoms. The minimum atomic E-state index is -0.715. The number of ether oxygens (including phenoxy) is 2. The normalized spacial score (nSPS) is 39.5. The summed E-state index contributed by atoms with van der Waals surface area (Å²) >= 11 is 0. The smallest absolute Gasteiger partial charge is 0.313 e. The number of rotatable bonds is 2. The van der Waals surface area contributed by atoms with Gasteiger partial charge >= 0.3 is 11.9 Å². The summed E-state index contributed by atoms with van der Waals surface area (Å²) in [6.07, 6.45) is 5.88. The average molecular weight is 360 g/mol. The molecule has 140 valence electrons. The van der Waals surface area contributed by atoms with E-state index < -0.39 is 17.3 Å². The molecule has 3 aliphatic rings. The van der Waals surface area contributed by atoms with Crippen molar-refractivity contribution in [2.45, 2.75) is 45.1 Å². The Balaban J connectivity index is 1.72. The van der Waals surface area contributed by atoms with E-state index in [9.17, 15) is 14.4 Å². The average Bonchev–Trinajstić information content (AvgIpc) is 3.27. The SMILES string of the molecule is COC(=O)[C@@H]1CCC[C@@H]2[C@H]1C(=O)C[C@@H](C)[C@]21C[C@@H](c2ccoc2)OC1=O. The summed E-state index contributed by atoms with van der Waals surface area (Å²) in [6.45, 7) is 1.97. The minimum absolute atomic E-state index is 0.0859. The summed E-state index contributed by atoms with van der Waals surface area (Å²) in [5, 5.41) is 0. The molecule has 4 rings (SSSR count). The number of furan rings is 1. The van der Waals surface area contributed by atoms with Crippen LogP contribution in [0.5, 0.6) is 0 Å². The molecule has 0 amide bonds. The molecule has 3 fully saturated rings. The van der Waals surface area contributed by atoms with Gasteiger partial charge < -0.3 is 13.9 Å². The molecule has 1 aromatic rings. The second-order valence-corrected chi connectivity index (χ2v) is 7.96. The zero-order valence-electron chi connectivity index (χ0n) is 15.1. The summed E-state index contributed by atoms with van der Waals surface area (Å²) < 4.78 is 15.8. The summed E-state index contributed by atoms with van der Waals surface area (Å²) in [7, 11) is 1.36. The number of carbonyl (C=O) groups excluding carboxylic acids is 3. The lowest BCUT2D eigenvalue weighted by Crippen LogP contribution is -2.55. The van der Waals surface area contributed by atoms with Gasteiger partial charge in [-0.05, 0) is 30.7 Å². The molecule has 2 saturated carbocycles. The van der Waals surface area contributed by atoms with Gasteiger partial charge in [-0.2, -0.15) is 0 Å². The predicted molar refractivity (Wildman–Crippen MR) is 89.7 cm³/mol. The molecule has 0 N–H and O–H groups in total. The van der Waals surface area contributed by atoms with E-state index in [1.807, 2.05) is 13.0 Å². The quantitative estimate of drug-likeness (QED) is 0.754. The van der Waals surface area contributed by atoms with E-state index in [4.69, 9.17) is 13.9 Å². The largest absolute Gasteiger partial charge is 0.472 e. The lowest BCUT2D eigenvalue weighted by molar-refractivity contribution is -0.171. The molecule has 2 aliphatic carbocycles. The molecule has 2 heterocycles. The molecule has 26 heavy (non-hydrogen) atoms. The van der Waals surface area contributed by atoms with Crippen molar-refractivity contribution in [3.63, 3.8) is 0 Å². The molecular formula is C20H24O6. The van der Waals surface area contributed by atoms with Crippen molar-refractivity contribution in [2.24, 2.45) is 29.1 Å². The number of ketones is 1. The summed E-state index contributed by atoms with van der Waals surface area (Å²) in [4.78, 5) is 38.2. The van der Waals surface area contributed by atoms with Crippen LogP contribution in [0.2, 0.25) is 0 Å². The number of methoxy groups -OCH3 is 1. The summed E-state index contributed by atoms with van der Waals surface area (Å²) in [5.41, 5.74) is 0.129. The van der Waals surface area contributed by atoms with Crippen LogP contribution in [0.15, 0.2) is 23.0 Å². The van der Waals surface area contributed by atoms with Crippen LogP contribution in [0.25, 0.3) is 0 Å². The van der Waals surface area contributed by atoms with Gasteiger partial charge in [-0.3, -0.25) is 14.4 Å². The maximum atomic E-state index is 13.1. The standard InChI is InChI=1S/C20H24O6/c1-11-8-15(21)17-13(18(22)24-2)4-3-5-14(17)20(11)9-16(26-19(20)23)12-6-7-25-10-12/h6-7,10-11,13-14,16-17H,3-5,8-9H2,1-2H3/t11-,13-,14-,16+,17+,20-/m1/s1. The molecule has 1 spiro atoms. The molecule has 0 bridgehead atoms. The van der Waals surface area contributed by atoms with Crippen LogP contribution < -0.4 is 0 Å². The molecule has 1 aromatic heterocycles. The third kappa shape index (κ3) is 2.34. The Labute approximate surface area is 152 Å². The highest BCUT2D eigenvalue weighted by molar-refractivity contribution is 5.92. The van der Waals surface area contributed by atoms with Crippen molar-refractivity contribution >= 4 is 17.7 Å². The summed E-state index contributed by atoms with van der Waals surface area (Å²) in [5.74, 6) is -1.64. The van der Waals surface area contributed by atoms with Gasteiger partial charge in [0.1, 0.15) is 11.9 Å². The Morgan fingerprint density at radius 2 is 2.12 bits per heavy atom. The van der Waals surface area contributed by atoms with E-state index in [2.05, 4.69) is 0 Å². The van der Waals surface area contributed by atoms with Gasteiger partial charge in [-0.1, -0.05) is 13.3 Å². The molecule has 0 radical (unpaired) electrons. The highest BCUT2D eigenvalue weighted by Crippen LogP contribution is 2.61. The van der Waals surface area contributed by atoms with E-state index in [1.54, 1.807) is 12.5 Å². The van der Waals surface area contributed by atoms with Gasteiger partial charge in [0.05, 0.1) is 31.0 Å². The molecule has 1 saturated heterocycles. The maximum absolute atomic E-state index is 13.1. The fraction of sp³-hybridized carbons (Fsp3) is 0.650. The molecule has 0 unspecified atom stereocenters. The lowest BCUT2D eigenvalue weighted by atomic mass is 9.50. The third-order valence-corrected chi connectivity index (χ3v) is 6.89. The Morgan fingerprint density at radius 3 is 2.81 bits per heavy atom. The summed E-state index contributed by atoms with van der Waals surface area (Å²) in [6, 6.07) is 1.81. The van der Waals surface area contributed by atoms with Crippen LogP contribution in [-0.4, -0.2) is 24.8 Å². The van der Waals surface area contributed by atoms with E-state index in [-0.39, 0.29) is 35.7 Å². The third-order valence-electron chi connectivity index (χ3n) is 6.89. The minimum Gasteiger partial charge on any atom is -0.472 e. The number of hydrogen-bond acceptors (Lipinski definition) is 6. The van der Waals surface area contributed by atoms with E-state index >= 15 is 0 Å². The number of fused-ring (bicyclic) bond motifs is 2. The van der Waals surface area contributed by atoms with Gasteiger partial charge in [0.15, 0.2) is 0 Å². The molecule has 6 nitrogen and oxygen atoms in total. The Hall–Kier alpha value is -2.11.